The fourth-order valence-corrected chi connectivity index (χ4v) is 6.19. The van der Waals surface area contributed by atoms with Gasteiger partial charge in [0.05, 0.1) is 18.6 Å². The smallest absolute Gasteiger partial charge is 0.240 e. The van der Waals surface area contributed by atoms with Gasteiger partial charge in [0.15, 0.2) is 5.82 Å². The molecule has 4 aromatic rings. The van der Waals surface area contributed by atoms with E-state index >= 15 is 0 Å². The van der Waals surface area contributed by atoms with Crippen molar-refractivity contribution in [2.45, 2.75) is 25.7 Å². The Labute approximate surface area is 191 Å². The molecular weight excluding hydrogens is 442 g/mol. The second kappa shape index (κ2) is 7.87. The summed E-state index contributed by atoms with van der Waals surface area (Å²) in [6.07, 6.45) is 6.28. The standard InChI is InChI=1S/C23H25N5O4S/c1-14-16(5-4-6-18(14)32-3)17-13-28-20(19(17)15-7-11-33(30,31)12-8-15)23(29)25-21(26-28)22-24-9-10-27(22)2/h4-6,9-10,13,15H,7-8,11-12H2,1-3H3,(H,25,26,29). The van der Waals surface area contributed by atoms with Crippen LogP contribution in [0.5, 0.6) is 11.6 Å². The molecular formula is C23H25N5O4S. The van der Waals surface area contributed by atoms with Crippen molar-refractivity contribution in [3.8, 4) is 34.4 Å². The van der Waals surface area contributed by atoms with Crippen LogP contribution >= 0.6 is 0 Å². The molecule has 33 heavy (non-hydrogen) atoms. The molecule has 1 N–H and O–H groups in total. The van der Waals surface area contributed by atoms with Crippen LogP contribution in [0.25, 0.3) is 28.3 Å². The van der Waals surface area contributed by atoms with Crippen molar-refractivity contribution in [2.24, 2.45) is 7.05 Å². The summed E-state index contributed by atoms with van der Waals surface area (Å²) in [5, 5.41) is 15.7. The Kier molecular flexibility index (Phi) is 5.12. The van der Waals surface area contributed by atoms with Gasteiger partial charge >= 0.3 is 0 Å². The van der Waals surface area contributed by atoms with E-state index in [1.807, 2.05) is 38.4 Å². The van der Waals surface area contributed by atoms with E-state index in [0.29, 0.717) is 30.0 Å². The zero-order valence-corrected chi connectivity index (χ0v) is 19.5. The third-order valence-electron chi connectivity index (χ3n) is 6.43. The molecule has 0 bridgehead atoms. The Hall–Kier alpha value is -3.40. The average Bonchev–Trinajstić information content (AvgIpc) is 3.38. The number of ether oxygens (including phenoxy) is 1. The first-order valence-electron chi connectivity index (χ1n) is 10.7. The Morgan fingerprint density at radius 2 is 1.94 bits per heavy atom. The third kappa shape index (κ3) is 3.64. The van der Waals surface area contributed by atoms with Gasteiger partial charge in [0.2, 0.25) is 11.7 Å². The number of aromatic hydroxyl groups is 1. The van der Waals surface area contributed by atoms with Crippen molar-refractivity contribution in [3.63, 3.8) is 0 Å². The zero-order valence-electron chi connectivity index (χ0n) is 18.7. The van der Waals surface area contributed by atoms with E-state index in [1.165, 1.54) is 0 Å². The summed E-state index contributed by atoms with van der Waals surface area (Å²) < 4.78 is 33.1. The number of aromatic nitrogens is 5. The summed E-state index contributed by atoms with van der Waals surface area (Å²) in [5.74, 6) is 1.63. The monoisotopic (exact) mass is 467 g/mol. The fourth-order valence-electron chi connectivity index (χ4n) is 4.70. The Bertz CT molecular complexity index is 1460. The van der Waals surface area contributed by atoms with E-state index in [0.717, 1.165) is 28.0 Å². The predicted molar refractivity (Wildman–Crippen MR) is 124 cm³/mol. The summed E-state index contributed by atoms with van der Waals surface area (Å²) in [5.41, 5.74) is 4.15. The molecule has 3 aromatic heterocycles. The van der Waals surface area contributed by atoms with Gasteiger partial charge in [-0.25, -0.2) is 17.9 Å². The molecule has 0 atom stereocenters. The number of hydrogen-bond donors (Lipinski definition) is 1. The first kappa shape index (κ1) is 21.4. The molecule has 5 rings (SSSR count). The van der Waals surface area contributed by atoms with Gasteiger partial charge in [0.1, 0.15) is 21.1 Å². The minimum absolute atomic E-state index is 0.0485. The van der Waals surface area contributed by atoms with Crippen molar-refractivity contribution in [3.05, 3.63) is 47.9 Å². The van der Waals surface area contributed by atoms with Gasteiger partial charge in [0, 0.05) is 31.2 Å². The van der Waals surface area contributed by atoms with Gasteiger partial charge in [-0.3, -0.25) is 0 Å². The maximum atomic E-state index is 12.1. The molecule has 0 amide bonds. The Morgan fingerprint density at radius 1 is 1.18 bits per heavy atom. The topological polar surface area (TPSA) is 112 Å². The third-order valence-corrected chi connectivity index (χ3v) is 8.15. The van der Waals surface area contributed by atoms with Gasteiger partial charge in [0.25, 0.3) is 0 Å². The summed E-state index contributed by atoms with van der Waals surface area (Å²) in [7, 11) is 0.426. The summed E-state index contributed by atoms with van der Waals surface area (Å²) in [4.78, 5) is 8.64. The quantitative estimate of drug-likeness (QED) is 0.491. The van der Waals surface area contributed by atoms with Crippen molar-refractivity contribution in [2.75, 3.05) is 18.6 Å². The minimum Gasteiger partial charge on any atom is -0.496 e. The van der Waals surface area contributed by atoms with Gasteiger partial charge in [-0.05, 0) is 48.4 Å². The molecule has 172 valence electrons. The van der Waals surface area contributed by atoms with Crippen LogP contribution in [0.2, 0.25) is 0 Å². The lowest BCUT2D eigenvalue weighted by molar-refractivity contribution is 0.412. The SMILES string of the molecule is COc1cccc(-c2cn3nc(-c4nccn4C)nc(O)c3c2C2CCS(=O)(=O)CC2)c1C. The second-order valence-corrected chi connectivity index (χ2v) is 10.7. The molecule has 4 heterocycles. The number of benzene rings is 1. The molecule has 9 nitrogen and oxygen atoms in total. The van der Waals surface area contributed by atoms with Crippen LogP contribution < -0.4 is 4.74 Å². The lowest BCUT2D eigenvalue weighted by Gasteiger charge is -2.23. The number of rotatable bonds is 4. The Balaban J connectivity index is 1.76. The number of imidazole rings is 1. The van der Waals surface area contributed by atoms with Gasteiger partial charge in [-0.15, -0.1) is 5.10 Å². The van der Waals surface area contributed by atoms with E-state index in [4.69, 9.17) is 4.74 Å². The minimum atomic E-state index is -3.04. The van der Waals surface area contributed by atoms with Gasteiger partial charge < -0.3 is 14.4 Å². The van der Waals surface area contributed by atoms with E-state index in [9.17, 15) is 13.5 Å². The fraction of sp³-hybridized carbons (Fsp3) is 0.348. The van der Waals surface area contributed by atoms with E-state index < -0.39 is 9.84 Å². The number of hydrogen-bond acceptors (Lipinski definition) is 7. The van der Waals surface area contributed by atoms with Crippen molar-refractivity contribution in [1.29, 1.82) is 0 Å². The highest BCUT2D eigenvalue weighted by molar-refractivity contribution is 7.91. The van der Waals surface area contributed by atoms with Gasteiger partial charge in [-0.2, -0.15) is 4.98 Å². The molecule has 0 saturated carbocycles. The molecule has 10 heteroatoms. The van der Waals surface area contributed by atoms with Crippen molar-refractivity contribution in [1.82, 2.24) is 24.1 Å². The highest BCUT2D eigenvalue weighted by Gasteiger charge is 2.31. The molecule has 0 aliphatic carbocycles. The highest BCUT2D eigenvalue weighted by Crippen LogP contribution is 2.43. The van der Waals surface area contributed by atoms with Crippen LogP contribution in [0.4, 0.5) is 0 Å². The van der Waals surface area contributed by atoms with E-state index in [2.05, 4.69) is 15.1 Å². The number of aryl methyl sites for hydroxylation is 1. The summed E-state index contributed by atoms with van der Waals surface area (Å²) in [6, 6.07) is 5.82. The lowest BCUT2D eigenvalue weighted by Crippen LogP contribution is -2.22. The highest BCUT2D eigenvalue weighted by atomic mass is 32.2. The molecule has 1 fully saturated rings. The first-order valence-corrected chi connectivity index (χ1v) is 12.6. The molecule has 0 spiro atoms. The van der Waals surface area contributed by atoms with Crippen molar-refractivity contribution >= 4 is 15.4 Å². The van der Waals surface area contributed by atoms with Crippen LogP contribution in [0.3, 0.4) is 0 Å². The van der Waals surface area contributed by atoms with Crippen LogP contribution in [-0.4, -0.2) is 56.3 Å². The molecule has 1 aliphatic rings. The van der Waals surface area contributed by atoms with Crippen LogP contribution in [-0.2, 0) is 16.9 Å². The van der Waals surface area contributed by atoms with Crippen LogP contribution in [0.1, 0.15) is 29.9 Å². The first-order chi connectivity index (χ1) is 15.8. The maximum Gasteiger partial charge on any atom is 0.240 e. The number of sulfone groups is 1. The van der Waals surface area contributed by atoms with Crippen LogP contribution in [0, 0.1) is 6.92 Å². The van der Waals surface area contributed by atoms with Gasteiger partial charge in [-0.1, -0.05) is 12.1 Å². The van der Waals surface area contributed by atoms with E-state index in [-0.39, 0.29) is 23.3 Å². The zero-order chi connectivity index (χ0) is 23.3. The second-order valence-electron chi connectivity index (χ2n) is 8.43. The number of fused-ring (bicyclic) bond motifs is 1. The summed E-state index contributed by atoms with van der Waals surface area (Å²) in [6.45, 7) is 1.98. The lowest BCUT2D eigenvalue weighted by atomic mass is 9.87. The molecule has 1 aliphatic heterocycles. The van der Waals surface area contributed by atoms with Crippen molar-refractivity contribution < 1.29 is 18.3 Å². The largest absolute Gasteiger partial charge is 0.496 e. The molecule has 0 radical (unpaired) electrons. The normalized spacial score (nSPS) is 16.3. The van der Waals surface area contributed by atoms with Crippen LogP contribution in [0.15, 0.2) is 36.8 Å². The molecule has 1 aromatic carbocycles. The average molecular weight is 468 g/mol. The molecule has 1 saturated heterocycles. The Morgan fingerprint density at radius 3 is 2.61 bits per heavy atom. The maximum absolute atomic E-state index is 12.1. The molecule has 0 unspecified atom stereocenters. The van der Waals surface area contributed by atoms with E-state index in [1.54, 1.807) is 28.6 Å². The number of nitrogens with zero attached hydrogens (tertiary/aromatic N) is 5. The summed E-state index contributed by atoms with van der Waals surface area (Å²) >= 11 is 0. The number of methoxy groups -OCH3 is 1. The predicted octanol–water partition coefficient (Wildman–Crippen LogP) is 3.11.